The Bertz CT molecular complexity index is 390. The maximum Gasteiger partial charge on any atom is 0.226 e. The highest BCUT2D eigenvalue weighted by Gasteiger charge is 2.16. The summed E-state index contributed by atoms with van der Waals surface area (Å²) in [5.74, 6) is 0.283. The third-order valence-corrected chi connectivity index (χ3v) is 2.84. The fraction of sp³-hybridized carbons (Fsp3) is 0.571. The summed E-state index contributed by atoms with van der Waals surface area (Å²) in [7, 11) is 0. The molecule has 5 nitrogen and oxygen atoms in total. The third kappa shape index (κ3) is 5.70. The molecule has 1 amide bonds. The van der Waals surface area contributed by atoms with Crippen LogP contribution in [0.2, 0.25) is 0 Å². The van der Waals surface area contributed by atoms with Crippen LogP contribution in [0.15, 0.2) is 18.3 Å². The Hall–Kier alpha value is -1.62. The monoisotopic (exact) mass is 265 g/mol. The van der Waals surface area contributed by atoms with Crippen molar-refractivity contribution < 1.29 is 9.53 Å². The van der Waals surface area contributed by atoms with Gasteiger partial charge in [-0.15, -0.1) is 0 Å². The molecule has 19 heavy (non-hydrogen) atoms. The number of rotatable bonds is 7. The molecule has 0 aliphatic carbocycles. The Morgan fingerprint density at radius 2 is 2.21 bits per heavy atom. The zero-order chi connectivity index (χ0) is 14.3. The number of nitrogens with two attached hydrogens (primary N) is 1. The third-order valence-electron chi connectivity index (χ3n) is 2.84. The van der Waals surface area contributed by atoms with Gasteiger partial charge in [-0.1, -0.05) is 13.8 Å². The molecule has 1 aromatic heterocycles. The predicted molar refractivity (Wildman–Crippen MR) is 75.6 cm³/mol. The van der Waals surface area contributed by atoms with Crippen LogP contribution in [-0.2, 0) is 16.0 Å². The van der Waals surface area contributed by atoms with E-state index < -0.39 is 0 Å². The van der Waals surface area contributed by atoms with Crippen LogP contribution in [0.5, 0.6) is 0 Å². The van der Waals surface area contributed by atoms with Gasteiger partial charge in [-0.2, -0.15) is 0 Å². The summed E-state index contributed by atoms with van der Waals surface area (Å²) in [6.07, 6.45) is 1.82. The smallest absolute Gasteiger partial charge is 0.226 e. The van der Waals surface area contributed by atoms with E-state index in [4.69, 9.17) is 10.5 Å². The van der Waals surface area contributed by atoms with E-state index in [1.165, 1.54) is 0 Å². The van der Waals surface area contributed by atoms with E-state index >= 15 is 0 Å². The van der Waals surface area contributed by atoms with Crippen molar-refractivity contribution in [2.75, 3.05) is 18.9 Å². The number of nitrogens with one attached hydrogen (secondary N) is 1. The molecule has 1 heterocycles. The second-order valence-electron chi connectivity index (χ2n) is 4.84. The summed E-state index contributed by atoms with van der Waals surface area (Å²) < 4.78 is 5.38. The second-order valence-corrected chi connectivity index (χ2v) is 4.84. The molecule has 106 valence electrons. The van der Waals surface area contributed by atoms with Crippen LogP contribution in [0.1, 0.15) is 26.5 Å². The van der Waals surface area contributed by atoms with Gasteiger partial charge in [0, 0.05) is 12.3 Å². The SMILES string of the molecule is CCOCC(NC(=O)Cc1ccc(N)cn1)C(C)C. The lowest BCUT2D eigenvalue weighted by atomic mass is 10.1. The number of hydrogen-bond donors (Lipinski definition) is 2. The van der Waals surface area contributed by atoms with Crippen LogP contribution in [-0.4, -0.2) is 30.1 Å². The Morgan fingerprint density at radius 1 is 1.47 bits per heavy atom. The molecular formula is C14H23N3O2. The molecule has 0 aliphatic rings. The highest BCUT2D eigenvalue weighted by Crippen LogP contribution is 2.05. The van der Waals surface area contributed by atoms with E-state index in [0.717, 1.165) is 0 Å². The normalized spacial score (nSPS) is 12.4. The summed E-state index contributed by atoms with van der Waals surface area (Å²) in [6.45, 7) is 7.25. The van der Waals surface area contributed by atoms with E-state index in [-0.39, 0.29) is 18.4 Å². The molecule has 1 unspecified atom stereocenters. The molecule has 0 radical (unpaired) electrons. The van der Waals surface area contributed by atoms with Crippen molar-refractivity contribution in [2.45, 2.75) is 33.2 Å². The number of nitrogens with zero attached hydrogens (tertiary/aromatic N) is 1. The number of carbonyl (C=O) groups is 1. The first-order valence-corrected chi connectivity index (χ1v) is 6.60. The van der Waals surface area contributed by atoms with E-state index in [1.54, 1.807) is 18.3 Å². The molecule has 1 rings (SSSR count). The lowest BCUT2D eigenvalue weighted by Gasteiger charge is -2.22. The highest BCUT2D eigenvalue weighted by atomic mass is 16.5. The van der Waals surface area contributed by atoms with Crippen molar-refractivity contribution in [2.24, 2.45) is 5.92 Å². The predicted octanol–water partition coefficient (Wildman–Crippen LogP) is 1.38. The van der Waals surface area contributed by atoms with Gasteiger partial charge in [0.2, 0.25) is 5.91 Å². The number of hydrogen-bond acceptors (Lipinski definition) is 4. The van der Waals surface area contributed by atoms with Gasteiger partial charge in [-0.25, -0.2) is 0 Å². The van der Waals surface area contributed by atoms with E-state index in [1.807, 2.05) is 6.92 Å². The van der Waals surface area contributed by atoms with Crippen molar-refractivity contribution in [3.8, 4) is 0 Å². The van der Waals surface area contributed by atoms with Gasteiger partial charge in [0.25, 0.3) is 0 Å². The molecule has 0 saturated heterocycles. The fourth-order valence-electron chi connectivity index (χ4n) is 1.61. The Morgan fingerprint density at radius 3 is 2.74 bits per heavy atom. The molecule has 0 bridgehead atoms. The first-order chi connectivity index (χ1) is 9.02. The largest absolute Gasteiger partial charge is 0.397 e. The van der Waals surface area contributed by atoms with Gasteiger partial charge < -0.3 is 15.8 Å². The van der Waals surface area contributed by atoms with Crippen molar-refractivity contribution in [1.29, 1.82) is 0 Å². The summed E-state index contributed by atoms with van der Waals surface area (Å²) in [5.41, 5.74) is 6.86. The maximum atomic E-state index is 11.9. The van der Waals surface area contributed by atoms with Gasteiger partial charge in [0.1, 0.15) is 0 Å². The first kappa shape index (κ1) is 15.4. The molecule has 0 aromatic carbocycles. The summed E-state index contributed by atoms with van der Waals surface area (Å²) >= 11 is 0. The van der Waals surface area contributed by atoms with Gasteiger partial charge in [0.15, 0.2) is 0 Å². The molecule has 0 spiro atoms. The van der Waals surface area contributed by atoms with Gasteiger partial charge in [-0.3, -0.25) is 9.78 Å². The van der Waals surface area contributed by atoms with E-state index in [0.29, 0.717) is 30.5 Å². The summed E-state index contributed by atoms with van der Waals surface area (Å²) in [6, 6.07) is 3.54. The number of carbonyl (C=O) groups excluding carboxylic acids is 1. The zero-order valence-corrected chi connectivity index (χ0v) is 11.8. The lowest BCUT2D eigenvalue weighted by molar-refractivity contribution is -0.122. The first-order valence-electron chi connectivity index (χ1n) is 6.60. The Labute approximate surface area is 114 Å². The number of pyridine rings is 1. The van der Waals surface area contributed by atoms with Crippen LogP contribution in [0.3, 0.4) is 0 Å². The average Bonchev–Trinajstić information content (AvgIpc) is 2.37. The summed E-state index contributed by atoms with van der Waals surface area (Å²) in [5, 5.41) is 2.98. The Kier molecular flexibility index (Phi) is 6.29. The highest BCUT2D eigenvalue weighted by molar-refractivity contribution is 5.78. The second kappa shape index (κ2) is 7.74. The van der Waals surface area contributed by atoms with Crippen LogP contribution >= 0.6 is 0 Å². The van der Waals surface area contributed by atoms with Crippen molar-refractivity contribution in [3.05, 3.63) is 24.0 Å². The minimum Gasteiger partial charge on any atom is -0.397 e. The van der Waals surface area contributed by atoms with Crippen molar-refractivity contribution in [3.63, 3.8) is 0 Å². The van der Waals surface area contributed by atoms with Gasteiger partial charge >= 0.3 is 0 Å². The van der Waals surface area contributed by atoms with Crippen molar-refractivity contribution >= 4 is 11.6 Å². The topological polar surface area (TPSA) is 77.2 Å². The van der Waals surface area contributed by atoms with E-state index in [2.05, 4.69) is 24.1 Å². The average molecular weight is 265 g/mol. The Balaban J connectivity index is 2.50. The molecule has 0 saturated carbocycles. The molecule has 0 aliphatic heterocycles. The number of nitrogen functional groups attached to an aromatic ring is 1. The van der Waals surface area contributed by atoms with Crippen LogP contribution in [0.25, 0.3) is 0 Å². The minimum atomic E-state index is -0.0457. The van der Waals surface area contributed by atoms with Gasteiger partial charge in [0.05, 0.1) is 31.0 Å². The minimum absolute atomic E-state index is 0.0289. The molecule has 0 fully saturated rings. The molecule has 5 heteroatoms. The summed E-state index contributed by atoms with van der Waals surface area (Å²) in [4.78, 5) is 16.1. The van der Waals surface area contributed by atoms with Gasteiger partial charge in [-0.05, 0) is 25.0 Å². The fourth-order valence-corrected chi connectivity index (χ4v) is 1.61. The molecular weight excluding hydrogens is 242 g/mol. The quantitative estimate of drug-likeness (QED) is 0.781. The number of amides is 1. The number of aromatic nitrogens is 1. The van der Waals surface area contributed by atoms with Crippen LogP contribution in [0, 0.1) is 5.92 Å². The van der Waals surface area contributed by atoms with Crippen LogP contribution in [0.4, 0.5) is 5.69 Å². The van der Waals surface area contributed by atoms with Crippen molar-refractivity contribution in [1.82, 2.24) is 10.3 Å². The standard InChI is InChI=1S/C14H23N3O2/c1-4-19-9-13(10(2)3)17-14(18)7-12-6-5-11(15)8-16-12/h5-6,8,10,13H,4,7,9,15H2,1-3H3,(H,17,18). The van der Waals surface area contributed by atoms with Crippen LogP contribution < -0.4 is 11.1 Å². The molecule has 1 atom stereocenters. The lowest BCUT2D eigenvalue weighted by Crippen LogP contribution is -2.42. The zero-order valence-electron chi connectivity index (χ0n) is 11.8. The number of anilines is 1. The number of ether oxygens (including phenoxy) is 1. The maximum absolute atomic E-state index is 11.9. The molecule has 1 aromatic rings. The van der Waals surface area contributed by atoms with E-state index in [9.17, 15) is 4.79 Å². The molecule has 3 N–H and O–H groups in total.